The van der Waals surface area contributed by atoms with Crippen LogP contribution in [0.1, 0.15) is 36.8 Å². The Balaban J connectivity index is 1.48. The molecule has 3 heterocycles. The summed E-state index contributed by atoms with van der Waals surface area (Å²) in [5, 5.41) is 2.91. The number of nitrogens with one attached hydrogen (secondary N) is 1. The smallest absolute Gasteiger partial charge is 0.410 e. The lowest BCUT2D eigenvalue weighted by atomic mass is 9.92. The summed E-state index contributed by atoms with van der Waals surface area (Å²) in [6, 6.07) is 3.79. The van der Waals surface area contributed by atoms with E-state index >= 15 is 0 Å². The van der Waals surface area contributed by atoms with Crippen LogP contribution in [-0.4, -0.2) is 42.7 Å². The van der Waals surface area contributed by atoms with E-state index in [4.69, 9.17) is 9.47 Å². The third-order valence-electron chi connectivity index (χ3n) is 5.00. The molecule has 0 bridgehead atoms. The molecule has 1 N–H and O–H groups in total. The highest BCUT2D eigenvalue weighted by molar-refractivity contribution is 5.94. The van der Waals surface area contributed by atoms with Crippen molar-refractivity contribution >= 4 is 17.7 Å². The molecule has 2 amide bonds. The van der Waals surface area contributed by atoms with Crippen molar-refractivity contribution in [2.24, 2.45) is 0 Å². The zero-order valence-corrected chi connectivity index (χ0v) is 13.7. The SMILES string of the molecule is O=C1CCc2c(ccc3c2CC(OC(=O)N2CCCCC2)CO3)N1. The van der Waals surface area contributed by atoms with Crippen molar-refractivity contribution in [1.82, 2.24) is 4.90 Å². The van der Waals surface area contributed by atoms with Crippen molar-refractivity contribution in [1.29, 1.82) is 0 Å². The molecule has 0 saturated carbocycles. The summed E-state index contributed by atoms with van der Waals surface area (Å²) in [7, 11) is 0. The largest absolute Gasteiger partial charge is 0.489 e. The van der Waals surface area contributed by atoms with E-state index in [9.17, 15) is 9.59 Å². The number of carbonyl (C=O) groups is 2. The van der Waals surface area contributed by atoms with Gasteiger partial charge in [-0.3, -0.25) is 4.79 Å². The van der Waals surface area contributed by atoms with Crippen LogP contribution in [0.25, 0.3) is 0 Å². The molecule has 0 aromatic heterocycles. The molecule has 6 nitrogen and oxygen atoms in total. The van der Waals surface area contributed by atoms with Gasteiger partial charge in [0.05, 0.1) is 0 Å². The lowest BCUT2D eigenvalue weighted by Crippen LogP contribution is -2.41. The predicted molar refractivity (Wildman–Crippen MR) is 88.3 cm³/mol. The van der Waals surface area contributed by atoms with Crippen LogP contribution in [-0.2, 0) is 22.4 Å². The first-order valence-electron chi connectivity index (χ1n) is 8.73. The first-order valence-corrected chi connectivity index (χ1v) is 8.73. The van der Waals surface area contributed by atoms with E-state index in [1.807, 2.05) is 12.1 Å². The molecule has 1 aromatic rings. The molecule has 24 heavy (non-hydrogen) atoms. The van der Waals surface area contributed by atoms with Gasteiger partial charge in [-0.25, -0.2) is 4.79 Å². The van der Waals surface area contributed by atoms with Gasteiger partial charge in [0.25, 0.3) is 0 Å². The number of rotatable bonds is 1. The van der Waals surface area contributed by atoms with E-state index in [0.717, 1.165) is 48.5 Å². The first kappa shape index (κ1) is 15.3. The van der Waals surface area contributed by atoms with Crippen molar-refractivity contribution in [3.8, 4) is 5.75 Å². The molecule has 128 valence electrons. The minimum atomic E-state index is -0.268. The Morgan fingerprint density at radius 1 is 1.17 bits per heavy atom. The normalized spacial score (nSPS) is 22.8. The molecule has 1 saturated heterocycles. The quantitative estimate of drug-likeness (QED) is 0.859. The highest BCUT2D eigenvalue weighted by Crippen LogP contribution is 2.36. The number of anilines is 1. The van der Waals surface area contributed by atoms with Crippen LogP contribution in [0.15, 0.2) is 12.1 Å². The van der Waals surface area contributed by atoms with Gasteiger partial charge in [0, 0.05) is 37.2 Å². The van der Waals surface area contributed by atoms with Crippen LogP contribution in [0, 0.1) is 0 Å². The van der Waals surface area contributed by atoms with Crippen LogP contribution in [0.4, 0.5) is 10.5 Å². The molecule has 1 unspecified atom stereocenters. The third kappa shape index (κ3) is 2.92. The van der Waals surface area contributed by atoms with Gasteiger partial charge in [0.2, 0.25) is 5.91 Å². The van der Waals surface area contributed by atoms with Gasteiger partial charge < -0.3 is 19.7 Å². The van der Waals surface area contributed by atoms with E-state index in [2.05, 4.69) is 5.32 Å². The number of nitrogens with zero attached hydrogens (tertiary/aromatic N) is 1. The van der Waals surface area contributed by atoms with Crippen LogP contribution in [0.3, 0.4) is 0 Å². The number of amides is 2. The van der Waals surface area contributed by atoms with Crippen molar-refractivity contribution in [3.63, 3.8) is 0 Å². The number of fused-ring (bicyclic) bond motifs is 3. The van der Waals surface area contributed by atoms with Crippen molar-refractivity contribution in [2.75, 3.05) is 25.0 Å². The number of ether oxygens (including phenoxy) is 2. The van der Waals surface area contributed by atoms with E-state index in [1.165, 1.54) is 6.42 Å². The fourth-order valence-corrected chi connectivity index (χ4v) is 3.72. The van der Waals surface area contributed by atoms with Crippen LogP contribution < -0.4 is 10.1 Å². The molecule has 1 atom stereocenters. The van der Waals surface area contributed by atoms with E-state index in [0.29, 0.717) is 25.9 Å². The summed E-state index contributed by atoms with van der Waals surface area (Å²) in [5.41, 5.74) is 3.04. The van der Waals surface area contributed by atoms with Crippen molar-refractivity contribution in [2.45, 2.75) is 44.6 Å². The van der Waals surface area contributed by atoms with E-state index in [-0.39, 0.29) is 18.1 Å². The second-order valence-electron chi connectivity index (χ2n) is 6.69. The summed E-state index contributed by atoms with van der Waals surface area (Å²) in [6.45, 7) is 1.95. The fourth-order valence-electron chi connectivity index (χ4n) is 3.72. The zero-order chi connectivity index (χ0) is 16.5. The predicted octanol–water partition coefficient (Wildman–Crippen LogP) is 2.50. The molecule has 3 aliphatic heterocycles. The lowest BCUT2D eigenvalue weighted by Gasteiger charge is -2.32. The van der Waals surface area contributed by atoms with Crippen LogP contribution in [0.5, 0.6) is 5.75 Å². The molecule has 4 rings (SSSR count). The van der Waals surface area contributed by atoms with Crippen LogP contribution >= 0.6 is 0 Å². The summed E-state index contributed by atoms with van der Waals surface area (Å²) >= 11 is 0. The minimum Gasteiger partial charge on any atom is -0.489 e. The standard InChI is InChI=1S/C18H22N2O4/c21-17-7-4-13-14-10-12(11-23-16(14)6-5-15(13)19-17)24-18(22)20-8-2-1-3-9-20/h5-6,12H,1-4,7-11H2,(H,19,21). The number of piperidine rings is 1. The second-order valence-corrected chi connectivity index (χ2v) is 6.69. The van der Waals surface area contributed by atoms with E-state index in [1.54, 1.807) is 4.90 Å². The summed E-state index contributed by atoms with van der Waals surface area (Å²) in [5.74, 6) is 0.891. The molecule has 0 aliphatic carbocycles. The van der Waals surface area contributed by atoms with Gasteiger partial charge >= 0.3 is 6.09 Å². The monoisotopic (exact) mass is 330 g/mol. The first-order chi connectivity index (χ1) is 11.7. The van der Waals surface area contributed by atoms with E-state index < -0.39 is 0 Å². The molecular weight excluding hydrogens is 308 g/mol. The van der Waals surface area contributed by atoms with Crippen LogP contribution in [0.2, 0.25) is 0 Å². The Morgan fingerprint density at radius 2 is 2.00 bits per heavy atom. The molecule has 3 aliphatic rings. The van der Waals surface area contributed by atoms with Crippen molar-refractivity contribution < 1.29 is 19.1 Å². The third-order valence-corrected chi connectivity index (χ3v) is 5.00. The Bertz CT molecular complexity index is 667. The Labute approximate surface area is 141 Å². The Hall–Kier alpha value is -2.24. The van der Waals surface area contributed by atoms with Gasteiger partial charge in [-0.1, -0.05) is 0 Å². The minimum absolute atomic E-state index is 0.0484. The highest BCUT2D eigenvalue weighted by atomic mass is 16.6. The highest BCUT2D eigenvalue weighted by Gasteiger charge is 2.30. The van der Waals surface area contributed by atoms with Gasteiger partial charge in [0.1, 0.15) is 18.5 Å². The summed E-state index contributed by atoms with van der Waals surface area (Å²) < 4.78 is 11.5. The van der Waals surface area contributed by atoms with Gasteiger partial charge in [0.15, 0.2) is 0 Å². The number of likely N-dealkylation sites (tertiary alicyclic amines) is 1. The topological polar surface area (TPSA) is 67.9 Å². The molecule has 0 spiro atoms. The number of carbonyl (C=O) groups excluding carboxylic acids is 2. The maximum Gasteiger partial charge on any atom is 0.410 e. The maximum atomic E-state index is 12.3. The molecule has 1 fully saturated rings. The molecule has 6 heteroatoms. The number of benzene rings is 1. The number of hydrogen-bond donors (Lipinski definition) is 1. The van der Waals surface area contributed by atoms with Gasteiger partial charge in [-0.15, -0.1) is 0 Å². The molecular formula is C18H22N2O4. The molecule has 0 radical (unpaired) electrons. The summed E-state index contributed by atoms with van der Waals surface area (Å²) in [6.07, 6.45) is 4.62. The number of hydrogen-bond acceptors (Lipinski definition) is 4. The average molecular weight is 330 g/mol. The Kier molecular flexibility index (Phi) is 4.04. The van der Waals surface area contributed by atoms with Crippen molar-refractivity contribution in [3.05, 3.63) is 23.3 Å². The zero-order valence-electron chi connectivity index (χ0n) is 13.7. The maximum absolute atomic E-state index is 12.3. The average Bonchev–Trinajstić information content (AvgIpc) is 2.62. The fraction of sp³-hybridized carbons (Fsp3) is 0.556. The van der Waals surface area contributed by atoms with Gasteiger partial charge in [-0.05, 0) is 43.4 Å². The molecule has 1 aromatic carbocycles. The lowest BCUT2D eigenvalue weighted by molar-refractivity contribution is -0.116. The summed E-state index contributed by atoms with van der Waals surface area (Å²) in [4.78, 5) is 25.7. The Morgan fingerprint density at radius 3 is 2.83 bits per heavy atom. The second kappa shape index (κ2) is 6.34. The van der Waals surface area contributed by atoms with Gasteiger partial charge in [-0.2, -0.15) is 0 Å².